The monoisotopic (exact) mass is 214 g/mol. The van der Waals surface area contributed by atoms with Gasteiger partial charge in [-0.2, -0.15) is 0 Å². The largest absolute Gasteiger partial charge is 0.387 e. The summed E-state index contributed by atoms with van der Waals surface area (Å²) in [5, 5.41) is 3.20. The predicted molar refractivity (Wildman–Crippen MR) is 70.5 cm³/mol. The van der Waals surface area contributed by atoms with Crippen LogP contribution in [-0.2, 0) is 13.1 Å². The Labute approximate surface area is 97.4 Å². The summed E-state index contributed by atoms with van der Waals surface area (Å²) >= 11 is 0. The summed E-state index contributed by atoms with van der Waals surface area (Å²) in [6.07, 6.45) is 7.34. The van der Waals surface area contributed by atoms with Crippen LogP contribution >= 0.6 is 0 Å². The lowest BCUT2D eigenvalue weighted by molar-refractivity contribution is 0.866. The molecule has 0 radical (unpaired) electrons. The molecular weight excluding hydrogens is 196 g/mol. The van der Waals surface area contributed by atoms with Gasteiger partial charge in [-0.15, -0.1) is 0 Å². The average Bonchev–Trinajstić information content (AvgIpc) is 2.32. The molecule has 2 nitrogen and oxygen atoms in total. The SMILES string of the molecule is C=CC=NCc1ccc(CN/C=C\C)cc1. The average molecular weight is 214 g/mol. The molecule has 1 rings (SSSR count). The lowest BCUT2D eigenvalue weighted by Crippen LogP contribution is -2.03. The maximum absolute atomic E-state index is 4.20. The number of nitrogens with one attached hydrogen (secondary N) is 1. The lowest BCUT2D eigenvalue weighted by atomic mass is 10.1. The Hall–Kier alpha value is -1.83. The van der Waals surface area contributed by atoms with Crippen molar-refractivity contribution in [3.05, 3.63) is 60.3 Å². The molecule has 0 spiro atoms. The Kier molecular flexibility index (Phi) is 5.71. The molecule has 0 fully saturated rings. The van der Waals surface area contributed by atoms with Gasteiger partial charge in [0, 0.05) is 12.8 Å². The first-order valence-corrected chi connectivity index (χ1v) is 5.40. The van der Waals surface area contributed by atoms with Gasteiger partial charge in [0.25, 0.3) is 0 Å². The second-order valence-electron chi connectivity index (χ2n) is 3.42. The quantitative estimate of drug-likeness (QED) is 0.723. The van der Waals surface area contributed by atoms with Gasteiger partial charge in [-0.1, -0.05) is 43.0 Å². The van der Waals surface area contributed by atoms with Crippen LogP contribution in [0.2, 0.25) is 0 Å². The Morgan fingerprint density at radius 3 is 2.56 bits per heavy atom. The molecule has 0 atom stereocenters. The fraction of sp³-hybridized carbons (Fsp3) is 0.214. The molecule has 0 saturated heterocycles. The van der Waals surface area contributed by atoms with Gasteiger partial charge >= 0.3 is 0 Å². The molecule has 84 valence electrons. The van der Waals surface area contributed by atoms with Crippen LogP contribution in [0.15, 0.2) is 54.2 Å². The van der Waals surface area contributed by atoms with Gasteiger partial charge in [-0.25, -0.2) is 0 Å². The fourth-order valence-electron chi connectivity index (χ4n) is 1.29. The van der Waals surface area contributed by atoms with Crippen molar-refractivity contribution in [1.82, 2.24) is 5.32 Å². The summed E-state index contributed by atoms with van der Waals surface area (Å²) in [5.74, 6) is 0. The zero-order valence-corrected chi connectivity index (χ0v) is 9.69. The van der Waals surface area contributed by atoms with Gasteiger partial charge in [0.05, 0.1) is 6.54 Å². The number of rotatable bonds is 6. The van der Waals surface area contributed by atoms with Gasteiger partial charge in [0.2, 0.25) is 0 Å². The van der Waals surface area contributed by atoms with Crippen LogP contribution in [-0.4, -0.2) is 6.21 Å². The van der Waals surface area contributed by atoms with Crippen LogP contribution in [0.5, 0.6) is 0 Å². The van der Waals surface area contributed by atoms with E-state index in [1.807, 2.05) is 19.2 Å². The van der Waals surface area contributed by atoms with Crippen molar-refractivity contribution in [2.45, 2.75) is 20.0 Å². The van der Waals surface area contributed by atoms with E-state index in [9.17, 15) is 0 Å². The molecule has 0 saturated carbocycles. The predicted octanol–water partition coefficient (Wildman–Crippen LogP) is 3.07. The minimum absolute atomic E-state index is 0.717. The second-order valence-corrected chi connectivity index (χ2v) is 3.42. The van der Waals surface area contributed by atoms with Crippen molar-refractivity contribution in [3.63, 3.8) is 0 Å². The van der Waals surface area contributed by atoms with Crippen LogP contribution in [0, 0.1) is 0 Å². The van der Waals surface area contributed by atoms with E-state index < -0.39 is 0 Å². The number of hydrogen-bond donors (Lipinski definition) is 1. The number of hydrogen-bond acceptors (Lipinski definition) is 2. The number of benzene rings is 1. The third-order valence-electron chi connectivity index (χ3n) is 2.10. The highest BCUT2D eigenvalue weighted by molar-refractivity contribution is 5.69. The summed E-state index contributed by atoms with van der Waals surface area (Å²) in [4.78, 5) is 4.20. The molecule has 0 bridgehead atoms. The first kappa shape index (κ1) is 12.2. The van der Waals surface area contributed by atoms with Crippen molar-refractivity contribution < 1.29 is 0 Å². The van der Waals surface area contributed by atoms with Crippen molar-refractivity contribution in [2.24, 2.45) is 4.99 Å². The molecule has 0 amide bonds. The van der Waals surface area contributed by atoms with Crippen molar-refractivity contribution >= 4 is 6.21 Å². The first-order valence-electron chi connectivity index (χ1n) is 5.40. The van der Waals surface area contributed by atoms with E-state index in [-0.39, 0.29) is 0 Å². The van der Waals surface area contributed by atoms with Crippen molar-refractivity contribution in [2.75, 3.05) is 0 Å². The Morgan fingerprint density at radius 1 is 1.25 bits per heavy atom. The normalized spacial score (nSPS) is 11.1. The van der Waals surface area contributed by atoms with Crippen LogP contribution < -0.4 is 5.32 Å². The summed E-state index contributed by atoms with van der Waals surface area (Å²) in [5.41, 5.74) is 2.49. The maximum atomic E-state index is 4.20. The van der Waals surface area contributed by atoms with Crippen LogP contribution in [0.1, 0.15) is 18.1 Å². The van der Waals surface area contributed by atoms with Gasteiger partial charge in [0.1, 0.15) is 0 Å². The molecule has 1 N–H and O–H groups in total. The molecule has 0 aliphatic rings. The summed E-state index contributed by atoms with van der Waals surface area (Å²) in [7, 11) is 0. The van der Waals surface area contributed by atoms with E-state index in [1.165, 1.54) is 11.1 Å². The standard InChI is InChI=1S/C14H18N2/c1-3-9-15-11-13-5-7-14(8-6-13)12-16-10-4-2/h3-10,16H,1,11-12H2,2H3/b10-4-,15-9?. The zero-order chi connectivity index (χ0) is 11.6. The van der Waals surface area contributed by atoms with E-state index in [0.29, 0.717) is 6.54 Å². The topological polar surface area (TPSA) is 24.4 Å². The zero-order valence-electron chi connectivity index (χ0n) is 9.69. The Bertz CT molecular complexity index is 361. The van der Waals surface area contributed by atoms with Crippen molar-refractivity contribution in [3.8, 4) is 0 Å². The first-order chi connectivity index (χ1) is 7.86. The number of aliphatic imine (C=N–C) groups is 1. The molecular formula is C14H18N2. The highest BCUT2D eigenvalue weighted by Gasteiger charge is 1.92. The van der Waals surface area contributed by atoms with Crippen LogP contribution in [0.3, 0.4) is 0 Å². The highest BCUT2D eigenvalue weighted by atomic mass is 14.8. The van der Waals surface area contributed by atoms with Crippen LogP contribution in [0.25, 0.3) is 0 Å². The fourth-order valence-corrected chi connectivity index (χ4v) is 1.29. The van der Waals surface area contributed by atoms with E-state index >= 15 is 0 Å². The van der Waals surface area contributed by atoms with E-state index in [0.717, 1.165) is 6.54 Å². The molecule has 1 aromatic carbocycles. The molecule has 0 heterocycles. The summed E-state index contributed by atoms with van der Waals surface area (Å²) in [6.45, 7) is 7.16. The second kappa shape index (κ2) is 7.46. The molecule has 0 aliphatic heterocycles. The smallest absolute Gasteiger partial charge is 0.0639 e. The van der Waals surface area contributed by atoms with Crippen LogP contribution in [0.4, 0.5) is 0 Å². The molecule has 0 unspecified atom stereocenters. The Morgan fingerprint density at radius 2 is 1.94 bits per heavy atom. The molecule has 0 aromatic heterocycles. The van der Waals surface area contributed by atoms with Crippen molar-refractivity contribution in [1.29, 1.82) is 0 Å². The molecule has 0 aliphatic carbocycles. The maximum Gasteiger partial charge on any atom is 0.0639 e. The Balaban J connectivity index is 2.47. The molecule has 16 heavy (non-hydrogen) atoms. The van der Waals surface area contributed by atoms with Gasteiger partial charge in [-0.05, 0) is 24.3 Å². The molecule has 1 aromatic rings. The lowest BCUT2D eigenvalue weighted by Gasteiger charge is -2.02. The number of allylic oxidation sites excluding steroid dienone is 2. The van der Waals surface area contributed by atoms with E-state index in [2.05, 4.69) is 41.2 Å². The third-order valence-corrected chi connectivity index (χ3v) is 2.10. The minimum atomic E-state index is 0.717. The molecule has 2 heteroatoms. The minimum Gasteiger partial charge on any atom is -0.387 e. The summed E-state index contributed by atoms with van der Waals surface area (Å²) in [6, 6.07) is 8.45. The van der Waals surface area contributed by atoms with Gasteiger partial charge in [0.15, 0.2) is 0 Å². The van der Waals surface area contributed by atoms with E-state index in [4.69, 9.17) is 0 Å². The third kappa shape index (κ3) is 4.60. The van der Waals surface area contributed by atoms with Gasteiger partial charge < -0.3 is 5.32 Å². The van der Waals surface area contributed by atoms with Gasteiger partial charge in [-0.3, -0.25) is 4.99 Å². The highest BCUT2D eigenvalue weighted by Crippen LogP contribution is 2.05. The number of nitrogens with zero attached hydrogens (tertiary/aromatic N) is 1. The van der Waals surface area contributed by atoms with E-state index in [1.54, 1.807) is 12.3 Å². The summed E-state index contributed by atoms with van der Waals surface area (Å²) < 4.78 is 0.